The maximum atomic E-state index is 12.5. The SMILES string of the molecule is COC(=O)c1cc(C)cc(C)c1NCS(=O)(=O)c1ccc(OC)cc1. The summed E-state index contributed by atoms with van der Waals surface area (Å²) in [7, 11) is -0.775. The van der Waals surface area contributed by atoms with Crippen molar-refractivity contribution in [3.63, 3.8) is 0 Å². The minimum atomic E-state index is -3.58. The molecule has 2 aromatic rings. The van der Waals surface area contributed by atoms with Gasteiger partial charge in [0.25, 0.3) is 0 Å². The fourth-order valence-electron chi connectivity index (χ4n) is 2.51. The van der Waals surface area contributed by atoms with Gasteiger partial charge in [0.05, 0.1) is 30.4 Å². The van der Waals surface area contributed by atoms with E-state index in [0.29, 0.717) is 17.0 Å². The smallest absolute Gasteiger partial charge is 0.339 e. The van der Waals surface area contributed by atoms with E-state index in [4.69, 9.17) is 9.47 Å². The Morgan fingerprint density at radius 3 is 2.28 bits per heavy atom. The summed E-state index contributed by atoms with van der Waals surface area (Å²) in [5, 5.41) is 2.87. The third-order valence-electron chi connectivity index (χ3n) is 3.74. The van der Waals surface area contributed by atoms with Crippen LogP contribution in [0.3, 0.4) is 0 Å². The van der Waals surface area contributed by atoms with E-state index in [9.17, 15) is 13.2 Å². The summed E-state index contributed by atoms with van der Waals surface area (Å²) in [5.41, 5.74) is 2.42. The zero-order valence-corrected chi connectivity index (χ0v) is 15.4. The number of hydrogen-bond donors (Lipinski definition) is 1. The van der Waals surface area contributed by atoms with Gasteiger partial charge in [0.1, 0.15) is 11.6 Å². The van der Waals surface area contributed by atoms with Gasteiger partial charge in [0.15, 0.2) is 9.84 Å². The summed E-state index contributed by atoms with van der Waals surface area (Å²) in [6.45, 7) is 3.67. The lowest BCUT2D eigenvalue weighted by atomic mass is 10.0. The lowest BCUT2D eigenvalue weighted by Gasteiger charge is -2.15. The summed E-state index contributed by atoms with van der Waals surface area (Å²) in [4.78, 5) is 12.1. The van der Waals surface area contributed by atoms with Crippen LogP contribution in [-0.2, 0) is 14.6 Å². The Labute approximate surface area is 147 Å². The van der Waals surface area contributed by atoms with Gasteiger partial charge in [-0.25, -0.2) is 13.2 Å². The highest BCUT2D eigenvalue weighted by Gasteiger charge is 2.19. The van der Waals surface area contributed by atoms with Gasteiger partial charge in [-0.15, -0.1) is 0 Å². The number of carbonyl (C=O) groups excluding carboxylic acids is 1. The van der Waals surface area contributed by atoms with Crippen molar-refractivity contribution in [1.82, 2.24) is 0 Å². The number of sulfone groups is 1. The number of hydrogen-bond acceptors (Lipinski definition) is 6. The Morgan fingerprint density at radius 1 is 1.08 bits per heavy atom. The first-order valence-electron chi connectivity index (χ1n) is 7.58. The van der Waals surface area contributed by atoms with Crippen molar-refractivity contribution in [3.05, 3.63) is 53.1 Å². The highest BCUT2D eigenvalue weighted by molar-refractivity contribution is 7.91. The average Bonchev–Trinajstić information content (AvgIpc) is 2.59. The van der Waals surface area contributed by atoms with E-state index in [0.717, 1.165) is 11.1 Å². The van der Waals surface area contributed by atoms with Gasteiger partial charge in [-0.2, -0.15) is 0 Å². The molecular weight excluding hydrogens is 342 g/mol. The zero-order valence-electron chi connectivity index (χ0n) is 14.6. The molecule has 0 atom stereocenters. The molecule has 6 nitrogen and oxygen atoms in total. The van der Waals surface area contributed by atoms with Crippen molar-refractivity contribution in [2.45, 2.75) is 18.7 Å². The largest absolute Gasteiger partial charge is 0.497 e. The molecule has 0 saturated carbocycles. The van der Waals surface area contributed by atoms with Gasteiger partial charge in [-0.05, 0) is 55.3 Å². The molecule has 0 amide bonds. The van der Waals surface area contributed by atoms with Crippen molar-refractivity contribution >= 4 is 21.5 Å². The summed E-state index contributed by atoms with van der Waals surface area (Å²) < 4.78 is 34.8. The zero-order chi connectivity index (χ0) is 18.6. The minimum Gasteiger partial charge on any atom is -0.497 e. The van der Waals surface area contributed by atoms with Gasteiger partial charge in [0.2, 0.25) is 0 Å². The molecule has 0 saturated heterocycles. The molecule has 1 N–H and O–H groups in total. The molecule has 0 spiro atoms. The number of anilines is 1. The van der Waals surface area contributed by atoms with Crippen LogP contribution in [0.2, 0.25) is 0 Å². The van der Waals surface area contributed by atoms with Crippen LogP contribution >= 0.6 is 0 Å². The Morgan fingerprint density at radius 2 is 1.72 bits per heavy atom. The van der Waals surface area contributed by atoms with Gasteiger partial charge in [-0.1, -0.05) is 6.07 Å². The van der Waals surface area contributed by atoms with E-state index in [-0.39, 0.29) is 10.8 Å². The maximum Gasteiger partial charge on any atom is 0.339 e. The number of methoxy groups -OCH3 is 2. The Balaban J connectivity index is 2.29. The van der Waals surface area contributed by atoms with E-state index in [1.165, 1.54) is 26.4 Å². The number of nitrogens with one attached hydrogen (secondary N) is 1. The molecule has 2 rings (SSSR count). The fourth-order valence-corrected chi connectivity index (χ4v) is 3.56. The summed E-state index contributed by atoms with van der Waals surface area (Å²) >= 11 is 0. The standard InChI is InChI=1S/C18H21NO5S/c1-12-9-13(2)17(16(10-12)18(20)24-4)19-11-25(21,22)15-7-5-14(23-3)6-8-15/h5-10,19H,11H2,1-4H3. The molecule has 0 aliphatic carbocycles. The van der Waals surface area contributed by atoms with Gasteiger partial charge >= 0.3 is 5.97 Å². The van der Waals surface area contributed by atoms with Crippen molar-refractivity contribution < 1.29 is 22.7 Å². The Hall–Kier alpha value is -2.54. The first kappa shape index (κ1) is 18.8. The molecular formula is C18H21NO5S. The fraction of sp³-hybridized carbons (Fsp3) is 0.278. The van der Waals surface area contributed by atoms with Gasteiger partial charge in [-0.3, -0.25) is 0 Å². The highest BCUT2D eigenvalue weighted by Crippen LogP contribution is 2.25. The predicted octanol–water partition coefficient (Wildman–Crippen LogP) is 2.94. The second-order valence-corrected chi connectivity index (χ2v) is 7.60. The van der Waals surface area contributed by atoms with Gasteiger partial charge < -0.3 is 14.8 Å². The highest BCUT2D eigenvalue weighted by atomic mass is 32.2. The second kappa shape index (κ2) is 7.57. The topological polar surface area (TPSA) is 81.7 Å². The quantitative estimate of drug-likeness (QED) is 0.795. The first-order valence-corrected chi connectivity index (χ1v) is 9.24. The van der Waals surface area contributed by atoms with Gasteiger partial charge in [0, 0.05) is 0 Å². The first-order chi connectivity index (χ1) is 11.8. The molecule has 0 heterocycles. The molecule has 0 radical (unpaired) electrons. The molecule has 0 aromatic heterocycles. The molecule has 0 fully saturated rings. The van der Waals surface area contributed by atoms with Crippen LogP contribution in [0.15, 0.2) is 41.3 Å². The molecule has 0 unspecified atom stereocenters. The summed E-state index contributed by atoms with van der Waals surface area (Å²) in [5.74, 6) is -0.279. The Kier molecular flexibility index (Phi) is 5.69. The molecule has 0 bridgehead atoms. The number of aryl methyl sites for hydroxylation is 2. The molecule has 25 heavy (non-hydrogen) atoms. The molecule has 7 heteroatoms. The molecule has 2 aromatic carbocycles. The molecule has 0 aliphatic heterocycles. The van der Waals surface area contributed by atoms with Crippen LogP contribution in [0.4, 0.5) is 5.69 Å². The van der Waals surface area contributed by atoms with E-state index >= 15 is 0 Å². The summed E-state index contributed by atoms with van der Waals surface area (Å²) in [6, 6.07) is 9.68. The van der Waals surface area contributed by atoms with E-state index < -0.39 is 15.8 Å². The van der Waals surface area contributed by atoms with Crippen molar-refractivity contribution in [3.8, 4) is 5.75 Å². The average molecular weight is 363 g/mol. The molecule has 0 aliphatic rings. The number of carbonyl (C=O) groups is 1. The third kappa shape index (κ3) is 4.30. The van der Waals surface area contributed by atoms with E-state index in [2.05, 4.69) is 5.32 Å². The maximum absolute atomic E-state index is 12.5. The number of rotatable bonds is 6. The third-order valence-corrected chi connectivity index (χ3v) is 5.26. The molecule has 134 valence electrons. The monoisotopic (exact) mass is 363 g/mol. The lowest BCUT2D eigenvalue weighted by molar-refractivity contribution is 0.0601. The minimum absolute atomic E-state index is 0.171. The number of benzene rings is 2. The predicted molar refractivity (Wildman–Crippen MR) is 95.9 cm³/mol. The normalized spacial score (nSPS) is 11.0. The van der Waals surface area contributed by atoms with Crippen LogP contribution in [0.5, 0.6) is 5.75 Å². The van der Waals surface area contributed by atoms with Crippen LogP contribution < -0.4 is 10.1 Å². The number of esters is 1. The van der Waals surface area contributed by atoms with Crippen LogP contribution in [-0.4, -0.2) is 34.5 Å². The Bertz CT molecular complexity index is 873. The van der Waals surface area contributed by atoms with Crippen LogP contribution in [0, 0.1) is 13.8 Å². The second-order valence-electron chi connectivity index (χ2n) is 5.61. The van der Waals surface area contributed by atoms with Crippen molar-refractivity contribution in [2.24, 2.45) is 0 Å². The van der Waals surface area contributed by atoms with Crippen LogP contribution in [0.1, 0.15) is 21.5 Å². The van der Waals surface area contributed by atoms with Crippen molar-refractivity contribution in [2.75, 3.05) is 25.4 Å². The van der Waals surface area contributed by atoms with Crippen molar-refractivity contribution in [1.29, 1.82) is 0 Å². The lowest BCUT2D eigenvalue weighted by Crippen LogP contribution is -2.18. The summed E-state index contributed by atoms with van der Waals surface area (Å²) in [6.07, 6.45) is 0. The van der Waals surface area contributed by atoms with Crippen LogP contribution in [0.25, 0.3) is 0 Å². The van der Waals surface area contributed by atoms with E-state index in [1.54, 1.807) is 18.2 Å². The number of ether oxygens (including phenoxy) is 2. The van der Waals surface area contributed by atoms with E-state index in [1.807, 2.05) is 19.9 Å².